The minimum atomic E-state index is -1.03. The molecule has 0 aromatic heterocycles. The van der Waals surface area contributed by atoms with E-state index in [9.17, 15) is 4.79 Å². The molecule has 3 heteroatoms. The Labute approximate surface area is 77.8 Å². The highest BCUT2D eigenvalue weighted by atomic mass is 16.4. The van der Waals surface area contributed by atoms with E-state index in [1.807, 2.05) is 0 Å². The summed E-state index contributed by atoms with van der Waals surface area (Å²) < 4.78 is 0. The number of carboxylic acid groups (broad SMARTS) is 1. The lowest BCUT2D eigenvalue weighted by molar-refractivity contribution is -0.129. The maximum absolute atomic E-state index is 10.6. The molecule has 0 unspecified atom stereocenters. The zero-order valence-electron chi connectivity index (χ0n) is 7.44. The molecule has 0 radical (unpaired) electrons. The summed E-state index contributed by atoms with van der Waals surface area (Å²) in [6, 6.07) is 0. The van der Waals surface area contributed by atoms with Gasteiger partial charge in [-0.3, -0.25) is 4.99 Å². The summed E-state index contributed by atoms with van der Waals surface area (Å²) in [7, 11) is 0. The van der Waals surface area contributed by atoms with E-state index in [1.54, 1.807) is 18.2 Å². The number of aliphatic imine (C=N–C) groups is 1. The third-order valence-electron chi connectivity index (χ3n) is 1.19. The van der Waals surface area contributed by atoms with Gasteiger partial charge in [-0.2, -0.15) is 0 Å². The first-order valence-electron chi connectivity index (χ1n) is 3.88. The standard InChI is InChI=1S/C10H13NO2/c1-3-5-6-7-9(10(12)13)11-8-4-2/h3-4,6-7H,1-2,5,8H2,(H,12,13)/b7-6-,11-9?. The Hall–Kier alpha value is -1.64. The van der Waals surface area contributed by atoms with Crippen LogP contribution in [0.5, 0.6) is 0 Å². The summed E-state index contributed by atoms with van der Waals surface area (Å²) >= 11 is 0. The van der Waals surface area contributed by atoms with Crippen LogP contribution in [0.2, 0.25) is 0 Å². The summed E-state index contributed by atoms with van der Waals surface area (Å²) in [5.74, 6) is -1.03. The van der Waals surface area contributed by atoms with Crippen molar-refractivity contribution in [3.05, 3.63) is 37.5 Å². The van der Waals surface area contributed by atoms with Crippen LogP contribution in [0.1, 0.15) is 6.42 Å². The topological polar surface area (TPSA) is 49.7 Å². The average molecular weight is 179 g/mol. The smallest absolute Gasteiger partial charge is 0.354 e. The summed E-state index contributed by atoms with van der Waals surface area (Å²) in [6.45, 7) is 7.28. The van der Waals surface area contributed by atoms with E-state index in [0.29, 0.717) is 13.0 Å². The molecule has 0 atom stereocenters. The van der Waals surface area contributed by atoms with Crippen LogP contribution in [0.4, 0.5) is 0 Å². The van der Waals surface area contributed by atoms with Gasteiger partial charge >= 0.3 is 5.97 Å². The minimum Gasteiger partial charge on any atom is -0.477 e. The Kier molecular flexibility index (Phi) is 6.15. The highest BCUT2D eigenvalue weighted by Gasteiger charge is 2.02. The molecule has 0 fully saturated rings. The molecule has 0 bridgehead atoms. The maximum atomic E-state index is 10.6. The predicted molar refractivity (Wildman–Crippen MR) is 54.1 cm³/mol. The number of aliphatic carboxylic acids is 1. The average Bonchev–Trinajstić information content (AvgIpc) is 2.10. The van der Waals surface area contributed by atoms with Gasteiger partial charge in [0.2, 0.25) is 0 Å². The van der Waals surface area contributed by atoms with Crippen LogP contribution in [-0.2, 0) is 4.79 Å². The van der Waals surface area contributed by atoms with Crippen molar-refractivity contribution in [1.29, 1.82) is 0 Å². The number of hydrogen-bond acceptors (Lipinski definition) is 2. The van der Waals surface area contributed by atoms with Gasteiger partial charge in [0, 0.05) is 0 Å². The van der Waals surface area contributed by atoms with E-state index in [4.69, 9.17) is 5.11 Å². The van der Waals surface area contributed by atoms with Gasteiger partial charge in [0.15, 0.2) is 0 Å². The molecule has 0 saturated carbocycles. The van der Waals surface area contributed by atoms with Crippen molar-refractivity contribution >= 4 is 11.7 Å². The van der Waals surface area contributed by atoms with Crippen LogP contribution >= 0.6 is 0 Å². The quantitative estimate of drug-likeness (QED) is 0.499. The van der Waals surface area contributed by atoms with Gasteiger partial charge in [-0.25, -0.2) is 4.79 Å². The van der Waals surface area contributed by atoms with Crippen molar-refractivity contribution in [2.45, 2.75) is 6.42 Å². The Bertz CT molecular complexity index is 252. The molecule has 0 aliphatic heterocycles. The van der Waals surface area contributed by atoms with Crippen molar-refractivity contribution in [2.75, 3.05) is 6.54 Å². The van der Waals surface area contributed by atoms with E-state index in [-0.39, 0.29) is 5.71 Å². The maximum Gasteiger partial charge on any atom is 0.354 e. The number of carboxylic acids is 1. The fraction of sp³-hybridized carbons (Fsp3) is 0.200. The van der Waals surface area contributed by atoms with E-state index < -0.39 is 5.97 Å². The van der Waals surface area contributed by atoms with E-state index in [2.05, 4.69) is 18.2 Å². The Balaban J connectivity index is 4.33. The zero-order chi connectivity index (χ0) is 10.1. The number of hydrogen-bond donors (Lipinski definition) is 1. The molecule has 0 saturated heterocycles. The summed E-state index contributed by atoms with van der Waals surface area (Å²) in [5, 5.41) is 8.66. The SMILES string of the molecule is C=CC/C=C\C(=NCC=C)C(=O)O. The molecule has 3 nitrogen and oxygen atoms in total. The molecule has 1 N–H and O–H groups in total. The number of allylic oxidation sites excluding steroid dienone is 2. The fourth-order valence-corrected chi connectivity index (χ4v) is 0.630. The largest absolute Gasteiger partial charge is 0.477 e. The second kappa shape index (κ2) is 7.03. The van der Waals surface area contributed by atoms with Crippen molar-refractivity contribution in [2.24, 2.45) is 4.99 Å². The van der Waals surface area contributed by atoms with Crippen molar-refractivity contribution in [1.82, 2.24) is 0 Å². The van der Waals surface area contributed by atoms with Crippen LogP contribution in [-0.4, -0.2) is 23.3 Å². The third kappa shape index (κ3) is 5.61. The zero-order valence-corrected chi connectivity index (χ0v) is 7.44. The van der Waals surface area contributed by atoms with Crippen LogP contribution in [0.3, 0.4) is 0 Å². The lowest BCUT2D eigenvalue weighted by Crippen LogP contribution is -2.10. The van der Waals surface area contributed by atoms with E-state index in [1.165, 1.54) is 6.08 Å². The second-order valence-electron chi connectivity index (χ2n) is 2.25. The fourth-order valence-electron chi connectivity index (χ4n) is 0.630. The molecule has 0 heterocycles. The van der Waals surface area contributed by atoms with E-state index >= 15 is 0 Å². The normalized spacial score (nSPS) is 11.5. The van der Waals surface area contributed by atoms with Crippen molar-refractivity contribution in [3.63, 3.8) is 0 Å². The summed E-state index contributed by atoms with van der Waals surface area (Å²) in [6.07, 6.45) is 7.03. The molecule has 0 aromatic rings. The number of nitrogens with zero attached hydrogens (tertiary/aromatic N) is 1. The molecule has 0 aliphatic carbocycles. The first kappa shape index (κ1) is 11.4. The molecule has 70 valence electrons. The molecule has 13 heavy (non-hydrogen) atoms. The lowest BCUT2D eigenvalue weighted by Gasteiger charge is -1.91. The van der Waals surface area contributed by atoms with Gasteiger partial charge in [0.1, 0.15) is 5.71 Å². The number of carbonyl (C=O) groups is 1. The van der Waals surface area contributed by atoms with Gasteiger partial charge < -0.3 is 5.11 Å². The van der Waals surface area contributed by atoms with Crippen molar-refractivity contribution < 1.29 is 9.90 Å². The first-order valence-corrected chi connectivity index (χ1v) is 3.88. The monoisotopic (exact) mass is 179 g/mol. The molecular weight excluding hydrogens is 166 g/mol. The van der Waals surface area contributed by atoms with Crippen LogP contribution in [0.25, 0.3) is 0 Å². The molecule has 0 aromatic carbocycles. The van der Waals surface area contributed by atoms with Gasteiger partial charge in [0.05, 0.1) is 6.54 Å². The Morgan fingerprint density at radius 1 is 1.38 bits per heavy atom. The first-order chi connectivity index (χ1) is 6.22. The summed E-state index contributed by atoms with van der Waals surface area (Å²) in [4.78, 5) is 14.3. The Morgan fingerprint density at radius 2 is 2.08 bits per heavy atom. The predicted octanol–water partition coefficient (Wildman–Crippen LogP) is 1.83. The molecule has 0 rings (SSSR count). The van der Waals surface area contributed by atoms with Gasteiger partial charge in [-0.15, -0.1) is 13.2 Å². The van der Waals surface area contributed by atoms with Crippen LogP contribution < -0.4 is 0 Å². The van der Waals surface area contributed by atoms with Gasteiger partial charge in [-0.05, 0) is 12.5 Å². The van der Waals surface area contributed by atoms with Crippen LogP contribution in [0, 0.1) is 0 Å². The summed E-state index contributed by atoms with van der Waals surface area (Å²) in [5.41, 5.74) is 0.0433. The molecule has 0 amide bonds. The lowest BCUT2D eigenvalue weighted by atomic mass is 10.3. The van der Waals surface area contributed by atoms with Crippen LogP contribution in [0.15, 0.2) is 42.5 Å². The molecule has 0 spiro atoms. The second-order valence-corrected chi connectivity index (χ2v) is 2.25. The number of rotatable bonds is 6. The Morgan fingerprint density at radius 3 is 2.54 bits per heavy atom. The highest BCUT2D eigenvalue weighted by Crippen LogP contribution is 1.88. The highest BCUT2D eigenvalue weighted by molar-refractivity contribution is 6.40. The van der Waals surface area contributed by atoms with Crippen molar-refractivity contribution in [3.8, 4) is 0 Å². The van der Waals surface area contributed by atoms with Gasteiger partial charge in [0.25, 0.3) is 0 Å². The minimum absolute atomic E-state index is 0.0433. The van der Waals surface area contributed by atoms with E-state index in [0.717, 1.165) is 0 Å². The van der Waals surface area contributed by atoms with Gasteiger partial charge in [-0.1, -0.05) is 18.2 Å². The molecular formula is C10H13NO2. The third-order valence-corrected chi connectivity index (χ3v) is 1.19. The molecule has 0 aliphatic rings.